The topological polar surface area (TPSA) is 93.7 Å². The molecule has 1 amide bonds. The van der Waals surface area contributed by atoms with Crippen LogP contribution in [0, 0.1) is 0 Å². The molecule has 3 aromatic rings. The molecule has 1 atom stereocenters. The summed E-state index contributed by atoms with van der Waals surface area (Å²) in [6, 6.07) is 20.1. The van der Waals surface area contributed by atoms with E-state index in [1.54, 1.807) is 32.4 Å². The van der Waals surface area contributed by atoms with Crippen LogP contribution in [0.25, 0.3) is 0 Å². The Kier molecular flexibility index (Phi) is 9.09. The fraction of sp³-hybridized carbons (Fsp3) is 0.240. The summed E-state index contributed by atoms with van der Waals surface area (Å²) >= 11 is 3.30. The maximum atomic E-state index is 13.0. The Morgan fingerprint density at radius 3 is 2.24 bits per heavy atom. The van der Waals surface area contributed by atoms with Crippen LogP contribution in [0.4, 0.5) is 0 Å². The molecule has 180 valence electrons. The van der Waals surface area contributed by atoms with Crippen molar-refractivity contribution >= 4 is 31.9 Å². The van der Waals surface area contributed by atoms with Crippen LogP contribution >= 0.6 is 15.9 Å². The fourth-order valence-electron chi connectivity index (χ4n) is 3.40. The number of sulfonamides is 1. The summed E-state index contributed by atoms with van der Waals surface area (Å²) in [5.41, 5.74) is 1.80. The first-order chi connectivity index (χ1) is 16.3. The van der Waals surface area contributed by atoms with Crippen LogP contribution in [-0.4, -0.2) is 41.1 Å². The number of benzene rings is 3. The van der Waals surface area contributed by atoms with Crippen LogP contribution in [-0.2, 0) is 27.7 Å². The van der Waals surface area contributed by atoms with Gasteiger partial charge in [0, 0.05) is 11.0 Å². The number of carbonyl (C=O) groups is 1. The zero-order valence-electron chi connectivity index (χ0n) is 19.0. The highest BCUT2D eigenvalue weighted by molar-refractivity contribution is 9.10. The lowest BCUT2D eigenvalue weighted by Gasteiger charge is -2.19. The van der Waals surface area contributed by atoms with E-state index < -0.39 is 22.0 Å². The summed E-state index contributed by atoms with van der Waals surface area (Å²) in [5.74, 6) is 0.834. The molecule has 7 nitrogen and oxygen atoms in total. The third-order valence-corrected chi connectivity index (χ3v) is 7.20. The van der Waals surface area contributed by atoms with Crippen LogP contribution in [0.5, 0.6) is 11.5 Å². The van der Waals surface area contributed by atoms with Crippen molar-refractivity contribution in [1.29, 1.82) is 0 Å². The van der Waals surface area contributed by atoms with Crippen molar-refractivity contribution in [3.63, 3.8) is 0 Å². The fourth-order valence-corrected chi connectivity index (χ4v) is 4.86. The predicted octanol–water partition coefficient (Wildman–Crippen LogP) is 3.71. The number of amides is 1. The van der Waals surface area contributed by atoms with Crippen molar-refractivity contribution in [2.75, 3.05) is 20.8 Å². The lowest BCUT2D eigenvalue weighted by molar-refractivity contribution is -0.122. The Balaban J connectivity index is 1.71. The summed E-state index contributed by atoms with van der Waals surface area (Å²) in [4.78, 5) is 13.1. The van der Waals surface area contributed by atoms with Crippen molar-refractivity contribution < 1.29 is 22.7 Å². The summed E-state index contributed by atoms with van der Waals surface area (Å²) < 4.78 is 39.8. The molecule has 0 saturated heterocycles. The van der Waals surface area contributed by atoms with E-state index in [4.69, 9.17) is 9.47 Å². The molecule has 3 rings (SSSR count). The van der Waals surface area contributed by atoms with Crippen molar-refractivity contribution in [2.24, 2.45) is 0 Å². The standard InChI is InChI=1S/C25H27BrN2O5S/c1-32-23-13-8-19(17-24(23)33-2)14-15-27-25(29)22(16-18-6-4-3-5-7-18)28-34(30,31)21-11-9-20(26)10-12-21/h3-13,17,22,28H,14-16H2,1-2H3,(H,27,29). The van der Waals surface area contributed by atoms with Gasteiger partial charge in [0.1, 0.15) is 6.04 Å². The number of carbonyl (C=O) groups excluding carboxylic acids is 1. The van der Waals surface area contributed by atoms with E-state index in [-0.39, 0.29) is 11.3 Å². The Bertz CT molecular complexity index is 1200. The molecule has 0 fully saturated rings. The maximum absolute atomic E-state index is 13.0. The number of nitrogens with one attached hydrogen (secondary N) is 2. The van der Waals surface area contributed by atoms with E-state index in [1.807, 2.05) is 42.5 Å². The van der Waals surface area contributed by atoms with Gasteiger partial charge in [-0.1, -0.05) is 52.3 Å². The molecule has 0 aliphatic rings. The number of ether oxygens (including phenoxy) is 2. The molecule has 0 bridgehead atoms. The summed E-state index contributed by atoms with van der Waals surface area (Å²) in [6.07, 6.45) is 0.766. The van der Waals surface area contributed by atoms with Crippen LogP contribution in [0.15, 0.2) is 82.2 Å². The summed E-state index contributed by atoms with van der Waals surface area (Å²) in [5, 5.41) is 2.86. The zero-order valence-corrected chi connectivity index (χ0v) is 21.4. The Morgan fingerprint density at radius 1 is 0.912 bits per heavy atom. The van der Waals surface area contributed by atoms with Gasteiger partial charge >= 0.3 is 0 Å². The average Bonchev–Trinajstić information content (AvgIpc) is 2.84. The number of hydrogen-bond acceptors (Lipinski definition) is 5. The molecule has 2 N–H and O–H groups in total. The smallest absolute Gasteiger partial charge is 0.241 e. The summed E-state index contributed by atoms with van der Waals surface area (Å²) in [7, 11) is -0.763. The molecule has 0 heterocycles. The van der Waals surface area contributed by atoms with Gasteiger partial charge in [0.05, 0.1) is 19.1 Å². The molecule has 1 unspecified atom stereocenters. The number of hydrogen-bond donors (Lipinski definition) is 2. The first kappa shape index (κ1) is 25.7. The highest BCUT2D eigenvalue weighted by Gasteiger charge is 2.26. The van der Waals surface area contributed by atoms with Gasteiger partial charge in [-0.3, -0.25) is 4.79 Å². The Labute approximate surface area is 208 Å². The molecule has 3 aromatic carbocycles. The molecular formula is C25H27BrN2O5S. The number of halogens is 1. The molecule has 9 heteroatoms. The minimum Gasteiger partial charge on any atom is -0.493 e. The quantitative estimate of drug-likeness (QED) is 0.382. The monoisotopic (exact) mass is 546 g/mol. The van der Waals surface area contributed by atoms with Gasteiger partial charge in [0.2, 0.25) is 15.9 Å². The lowest BCUT2D eigenvalue weighted by atomic mass is 10.1. The second-order valence-electron chi connectivity index (χ2n) is 7.55. The van der Waals surface area contributed by atoms with Gasteiger partial charge in [-0.2, -0.15) is 4.72 Å². The molecule has 0 aliphatic heterocycles. The molecule has 0 aliphatic carbocycles. The molecular weight excluding hydrogens is 520 g/mol. The van der Waals surface area contributed by atoms with E-state index in [0.29, 0.717) is 24.5 Å². The lowest BCUT2D eigenvalue weighted by Crippen LogP contribution is -2.48. The highest BCUT2D eigenvalue weighted by atomic mass is 79.9. The normalized spacial score (nSPS) is 12.1. The van der Waals surface area contributed by atoms with E-state index >= 15 is 0 Å². The van der Waals surface area contributed by atoms with E-state index in [1.165, 1.54) is 12.1 Å². The largest absolute Gasteiger partial charge is 0.493 e. The van der Waals surface area contributed by atoms with Crippen LogP contribution in [0.3, 0.4) is 0 Å². The average molecular weight is 547 g/mol. The van der Waals surface area contributed by atoms with Crippen molar-refractivity contribution in [3.8, 4) is 11.5 Å². The predicted molar refractivity (Wildman–Crippen MR) is 135 cm³/mol. The third kappa shape index (κ3) is 7.06. The highest BCUT2D eigenvalue weighted by Crippen LogP contribution is 2.27. The summed E-state index contributed by atoms with van der Waals surface area (Å²) in [6.45, 7) is 0.333. The molecule has 0 aromatic heterocycles. The van der Waals surface area contributed by atoms with Crippen molar-refractivity contribution in [3.05, 3.63) is 88.4 Å². The van der Waals surface area contributed by atoms with E-state index in [9.17, 15) is 13.2 Å². The van der Waals surface area contributed by atoms with Gasteiger partial charge in [-0.15, -0.1) is 0 Å². The van der Waals surface area contributed by atoms with Gasteiger partial charge in [-0.05, 0) is 60.4 Å². The van der Waals surface area contributed by atoms with Gasteiger partial charge in [0.15, 0.2) is 11.5 Å². The first-order valence-corrected chi connectivity index (χ1v) is 12.9. The third-order valence-electron chi connectivity index (χ3n) is 5.18. The van der Waals surface area contributed by atoms with Crippen molar-refractivity contribution in [2.45, 2.75) is 23.8 Å². The SMILES string of the molecule is COc1ccc(CCNC(=O)C(Cc2ccccc2)NS(=O)(=O)c2ccc(Br)cc2)cc1OC. The number of methoxy groups -OCH3 is 2. The second-order valence-corrected chi connectivity index (χ2v) is 10.2. The molecule has 0 saturated carbocycles. The zero-order chi connectivity index (χ0) is 24.6. The number of rotatable bonds is 11. The molecule has 34 heavy (non-hydrogen) atoms. The van der Waals surface area contributed by atoms with E-state index in [0.717, 1.165) is 15.6 Å². The minimum atomic E-state index is -3.90. The molecule has 0 radical (unpaired) electrons. The minimum absolute atomic E-state index is 0.0897. The van der Waals surface area contributed by atoms with Gasteiger partial charge in [-0.25, -0.2) is 8.42 Å². The Morgan fingerprint density at radius 2 is 1.59 bits per heavy atom. The maximum Gasteiger partial charge on any atom is 0.241 e. The van der Waals surface area contributed by atoms with Crippen LogP contribution in [0.1, 0.15) is 11.1 Å². The first-order valence-electron chi connectivity index (χ1n) is 10.6. The molecule has 0 spiro atoms. The Hall–Kier alpha value is -2.88. The van der Waals surface area contributed by atoms with Crippen LogP contribution < -0.4 is 19.5 Å². The van der Waals surface area contributed by atoms with Gasteiger partial charge < -0.3 is 14.8 Å². The van der Waals surface area contributed by atoms with E-state index in [2.05, 4.69) is 26.0 Å². The second kappa shape index (κ2) is 12.0. The van der Waals surface area contributed by atoms with Gasteiger partial charge in [0.25, 0.3) is 0 Å². The van der Waals surface area contributed by atoms with Crippen molar-refractivity contribution in [1.82, 2.24) is 10.0 Å². The van der Waals surface area contributed by atoms with Crippen LogP contribution in [0.2, 0.25) is 0 Å².